The molecular weight excluding hydrogens is 442 g/mol. The number of nitrogens with two attached hydrogens (primary N) is 3. The first-order chi connectivity index (χ1) is 15.8. The van der Waals surface area contributed by atoms with Crippen LogP contribution in [0.1, 0.15) is 59.8 Å². The molecule has 34 heavy (non-hydrogen) atoms. The Morgan fingerprint density at radius 3 is 2.26 bits per heavy atom. The Morgan fingerprint density at radius 2 is 1.74 bits per heavy atom. The Bertz CT molecular complexity index is 752. The van der Waals surface area contributed by atoms with E-state index in [4.69, 9.17) is 17.2 Å². The van der Waals surface area contributed by atoms with Crippen LogP contribution in [0.15, 0.2) is 4.99 Å². The van der Waals surface area contributed by atoms with E-state index >= 15 is 0 Å². The molecule has 1 rings (SSSR count). The van der Waals surface area contributed by atoms with Gasteiger partial charge in [0.05, 0.1) is 6.04 Å². The van der Waals surface area contributed by atoms with Gasteiger partial charge in [-0.25, -0.2) is 4.79 Å². The molecule has 4 unspecified atom stereocenters. The number of hydrogen-bond donors (Lipinski definition) is 6. The molecule has 1 saturated heterocycles. The minimum absolute atomic E-state index is 0.0759. The monoisotopic (exact) mass is 483 g/mol. The van der Waals surface area contributed by atoms with Gasteiger partial charge in [-0.2, -0.15) is 0 Å². The average molecular weight is 484 g/mol. The van der Waals surface area contributed by atoms with Crippen LogP contribution in [0.4, 0.5) is 0 Å². The van der Waals surface area contributed by atoms with Crippen LogP contribution in [0.2, 0.25) is 0 Å². The topological polar surface area (TPSA) is 206 Å². The third-order valence-electron chi connectivity index (χ3n) is 5.69. The highest BCUT2D eigenvalue weighted by Gasteiger charge is 2.39. The second kappa shape index (κ2) is 13.7. The molecule has 4 atom stereocenters. The number of rotatable bonds is 13. The van der Waals surface area contributed by atoms with E-state index in [-0.39, 0.29) is 30.8 Å². The summed E-state index contributed by atoms with van der Waals surface area (Å²) in [5, 5.41) is 14.8. The van der Waals surface area contributed by atoms with E-state index in [0.29, 0.717) is 32.2 Å². The van der Waals surface area contributed by atoms with Gasteiger partial charge in [0.2, 0.25) is 17.7 Å². The molecule has 9 N–H and O–H groups in total. The van der Waals surface area contributed by atoms with Crippen molar-refractivity contribution in [1.82, 2.24) is 15.5 Å². The normalized spacial score (nSPS) is 18.3. The molecule has 0 aromatic heterocycles. The Morgan fingerprint density at radius 1 is 1.09 bits per heavy atom. The number of aliphatic imine (C=N–C) groups is 1. The number of carbonyl (C=O) groups is 4. The van der Waals surface area contributed by atoms with Crippen LogP contribution in [0.3, 0.4) is 0 Å². The number of carboxylic acid groups (broad SMARTS) is 1. The largest absolute Gasteiger partial charge is 0.480 e. The molecule has 1 fully saturated rings. The quantitative estimate of drug-likeness (QED) is 0.110. The average Bonchev–Trinajstić information content (AvgIpc) is 3.22. The van der Waals surface area contributed by atoms with Gasteiger partial charge in [-0.05, 0) is 43.9 Å². The van der Waals surface area contributed by atoms with Crippen molar-refractivity contribution in [2.75, 3.05) is 13.1 Å². The Hall–Kier alpha value is -2.89. The fourth-order valence-corrected chi connectivity index (χ4v) is 3.90. The number of carboxylic acids is 1. The lowest BCUT2D eigenvalue weighted by atomic mass is 10.0. The second-order valence-corrected chi connectivity index (χ2v) is 9.50. The Balaban J connectivity index is 2.98. The molecule has 3 amide bonds. The zero-order valence-corrected chi connectivity index (χ0v) is 20.6. The SMILES string of the molecule is CC(C)CC(N)C(=O)NC(CCCN=C(N)N)C(=O)NC(C(=O)N1CCCC1C(=O)O)C(C)C. The van der Waals surface area contributed by atoms with Crippen molar-refractivity contribution < 1.29 is 24.3 Å². The first-order valence-electron chi connectivity index (χ1n) is 11.8. The molecule has 0 radical (unpaired) electrons. The van der Waals surface area contributed by atoms with Crippen LogP contribution in [-0.2, 0) is 19.2 Å². The van der Waals surface area contributed by atoms with E-state index in [0.717, 1.165) is 0 Å². The molecule has 194 valence electrons. The fourth-order valence-electron chi connectivity index (χ4n) is 3.90. The summed E-state index contributed by atoms with van der Waals surface area (Å²) in [4.78, 5) is 55.6. The van der Waals surface area contributed by atoms with Gasteiger partial charge in [-0.3, -0.25) is 19.4 Å². The highest BCUT2D eigenvalue weighted by Crippen LogP contribution is 2.20. The molecule has 1 aliphatic rings. The van der Waals surface area contributed by atoms with Crippen LogP contribution >= 0.6 is 0 Å². The number of likely N-dealkylation sites (tertiary alicyclic amines) is 1. The summed E-state index contributed by atoms with van der Waals surface area (Å²) in [5.41, 5.74) is 16.6. The highest BCUT2D eigenvalue weighted by molar-refractivity contribution is 5.94. The molecule has 12 nitrogen and oxygen atoms in total. The zero-order chi connectivity index (χ0) is 26.0. The lowest BCUT2D eigenvalue weighted by Gasteiger charge is -2.31. The van der Waals surface area contributed by atoms with Gasteiger partial charge in [0.25, 0.3) is 0 Å². The third kappa shape index (κ3) is 9.16. The van der Waals surface area contributed by atoms with Crippen molar-refractivity contribution in [1.29, 1.82) is 0 Å². The van der Waals surface area contributed by atoms with Crippen molar-refractivity contribution >= 4 is 29.7 Å². The van der Waals surface area contributed by atoms with Crippen LogP contribution in [0, 0.1) is 11.8 Å². The molecule has 12 heteroatoms. The third-order valence-corrected chi connectivity index (χ3v) is 5.69. The van der Waals surface area contributed by atoms with Crippen molar-refractivity contribution in [3.05, 3.63) is 0 Å². The maximum absolute atomic E-state index is 13.2. The van der Waals surface area contributed by atoms with Crippen molar-refractivity contribution in [3.63, 3.8) is 0 Å². The second-order valence-electron chi connectivity index (χ2n) is 9.50. The lowest BCUT2D eigenvalue weighted by Crippen LogP contribution is -2.58. The number of nitrogens with one attached hydrogen (secondary N) is 2. The van der Waals surface area contributed by atoms with Crippen LogP contribution in [-0.4, -0.2) is 76.9 Å². The maximum atomic E-state index is 13.2. The molecule has 0 aromatic rings. The van der Waals surface area contributed by atoms with Gasteiger partial charge >= 0.3 is 5.97 Å². The Kier molecular flexibility index (Phi) is 11.8. The van der Waals surface area contributed by atoms with Crippen molar-refractivity contribution in [2.45, 2.75) is 84.0 Å². The van der Waals surface area contributed by atoms with Crippen molar-refractivity contribution in [2.24, 2.45) is 34.0 Å². The van der Waals surface area contributed by atoms with E-state index in [1.54, 1.807) is 13.8 Å². The Labute approximate surface area is 201 Å². The molecule has 0 aliphatic carbocycles. The van der Waals surface area contributed by atoms with Gasteiger partial charge in [0.15, 0.2) is 5.96 Å². The van der Waals surface area contributed by atoms with Gasteiger partial charge < -0.3 is 37.8 Å². The summed E-state index contributed by atoms with van der Waals surface area (Å²) in [6, 6.07) is -3.58. The number of aliphatic carboxylic acids is 1. The molecule has 0 spiro atoms. The van der Waals surface area contributed by atoms with Gasteiger partial charge in [-0.1, -0.05) is 27.7 Å². The standard InChI is InChI=1S/C22H41N7O5/c1-12(2)11-14(23)18(30)27-15(7-5-9-26-22(24)25)19(31)28-17(13(3)4)20(32)29-10-6-8-16(29)21(33)34/h12-17H,5-11,23H2,1-4H3,(H,27,30)(H,28,31)(H,33,34)(H4,24,25,26). The highest BCUT2D eigenvalue weighted by atomic mass is 16.4. The lowest BCUT2D eigenvalue weighted by molar-refractivity contribution is -0.150. The smallest absolute Gasteiger partial charge is 0.326 e. The van der Waals surface area contributed by atoms with Gasteiger partial charge in [0.1, 0.15) is 18.1 Å². The van der Waals surface area contributed by atoms with Crippen molar-refractivity contribution in [3.8, 4) is 0 Å². The zero-order valence-electron chi connectivity index (χ0n) is 20.6. The van der Waals surface area contributed by atoms with E-state index in [9.17, 15) is 24.3 Å². The summed E-state index contributed by atoms with van der Waals surface area (Å²) in [6.07, 6.45) is 2.04. The fraction of sp³-hybridized carbons (Fsp3) is 0.773. The van der Waals surface area contributed by atoms with Gasteiger partial charge in [-0.15, -0.1) is 0 Å². The van der Waals surface area contributed by atoms with Crippen LogP contribution < -0.4 is 27.8 Å². The minimum atomic E-state index is -1.07. The molecule has 1 aliphatic heterocycles. The summed E-state index contributed by atoms with van der Waals surface area (Å²) < 4.78 is 0. The maximum Gasteiger partial charge on any atom is 0.326 e. The van der Waals surface area contributed by atoms with Gasteiger partial charge in [0, 0.05) is 13.1 Å². The van der Waals surface area contributed by atoms with Crippen LogP contribution in [0.25, 0.3) is 0 Å². The molecule has 0 bridgehead atoms. The molecular formula is C22H41N7O5. The van der Waals surface area contributed by atoms with E-state index in [2.05, 4.69) is 15.6 Å². The minimum Gasteiger partial charge on any atom is -0.480 e. The number of amides is 3. The predicted octanol–water partition coefficient (Wildman–Crippen LogP) is -0.885. The van der Waals surface area contributed by atoms with Crippen LogP contribution in [0.5, 0.6) is 0 Å². The summed E-state index contributed by atoms with van der Waals surface area (Å²) in [5.74, 6) is -2.71. The number of carbonyl (C=O) groups excluding carboxylic acids is 3. The summed E-state index contributed by atoms with van der Waals surface area (Å²) >= 11 is 0. The predicted molar refractivity (Wildman–Crippen MR) is 128 cm³/mol. The van der Waals surface area contributed by atoms with E-state index < -0.39 is 47.9 Å². The number of nitrogens with zero attached hydrogens (tertiary/aromatic N) is 2. The first kappa shape index (κ1) is 29.1. The van der Waals surface area contributed by atoms with E-state index in [1.807, 2.05) is 13.8 Å². The number of guanidine groups is 1. The molecule has 0 saturated carbocycles. The van der Waals surface area contributed by atoms with E-state index in [1.165, 1.54) is 4.90 Å². The summed E-state index contributed by atoms with van der Waals surface area (Å²) in [6.45, 7) is 7.99. The molecule has 1 heterocycles. The molecule has 0 aromatic carbocycles. The summed E-state index contributed by atoms with van der Waals surface area (Å²) in [7, 11) is 0. The first-order valence-corrected chi connectivity index (χ1v) is 11.8. The number of hydrogen-bond acceptors (Lipinski definition) is 6.